The summed E-state index contributed by atoms with van der Waals surface area (Å²) in [6.45, 7) is 3.66. The fraction of sp³-hybridized carbons (Fsp3) is 0.233. The molecule has 4 aromatic rings. The van der Waals surface area contributed by atoms with E-state index in [1.54, 1.807) is 23.7 Å². The number of hydrogen-bond donors (Lipinski definition) is 1. The van der Waals surface area contributed by atoms with Gasteiger partial charge in [-0.1, -0.05) is 30.3 Å². The third-order valence-electron chi connectivity index (χ3n) is 7.64. The Morgan fingerprint density at radius 2 is 1.75 bits per heavy atom. The number of amides is 1. The van der Waals surface area contributed by atoms with Gasteiger partial charge in [0.25, 0.3) is 11.7 Å². The lowest BCUT2D eigenvalue weighted by atomic mass is 9.92. The van der Waals surface area contributed by atoms with E-state index in [1.165, 1.54) is 0 Å². The first-order chi connectivity index (χ1) is 19.3. The minimum atomic E-state index is -0.771. The van der Waals surface area contributed by atoms with Crippen LogP contribution in [-0.4, -0.2) is 57.7 Å². The van der Waals surface area contributed by atoms with Crippen molar-refractivity contribution in [3.63, 3.8) is 0 Å². The number of fused-ring (bicyclic) bond motifs is 3. The fourth-order valence-corrected chi connectivity index (χ4v) is 5.55. The van der Waals surface area contributed by atoms with Crippen LogP contribution in [0.1, 0.15) is 33.0 Å². The highest BCUT2D eigenvalue weighted by Gasteiger charge is 2.36. The molecule has 1 saturated heterocycles. The summed E-state index contributed by atoms with van der Waals surface area (Å²) in [7, 11) is 1.76. The number of Topliss-reactive ketones (excluding diaryl/α,β-unsaturated/α-hetero) is 2. The van der Waals surface area contributed by atoms with Gasteiger partial charge in [0.2, 0.25) is 5.95 Å². The normalized spacial score (nSPS) is 16.4. The first-order valence-corrected chi connectivity index (χ1v) is 13.0. The molecular formula is C30H27FN6O3. The molecule has 6 rings (SSSR count). The first kappa shape index (κ1) is 25.4. The number of aromatic nitrogens is 3. The fourth-order valence-electron chi connectivity index (χ4n) is 5.55. The molecule has 0 saturated carbocycles. The number of carbonyl (C=O) groups is 3. The van der Waals surface area contributed by atoms with Crippen LogP contribution in [0.3, 0.4) is 0 Å². The van der Waals surface area contributed by atoms with Crippen molar-refractivity contribution in [1.82, 2.24) is 14.5 Å². The zero-order chi connectivity index (χ0) is 28.0. The SMILES string of the molecule is Cc1cc(-c2ccccc2)c(C(=O)C(=O)Nc2ccc3c(c2)C(=O)C[C@H]2CN(c4ncc(F)cn4)CCN32)n1C. The maximum atomic E-state index is 13.3. The summed E-state index contributed by atoms with van der Waals surface area (Å²) in [6.07, 6.45) is 2.56. The van der Waals surface area contributed by atoms with Crippen molar-refractivity contribution in [2.45, 2.75) is 19.4 Å². The lowest BCUT2D eigenvalue weighted by Gasteiger charge is -2.45. The molecule has 0 radical (unpaired) electrons. The molecule has 10 heteroatoms. The van der Waals surface area contributed by atoms with Crippen LogP contribution in [0.15, 0.2) is 67.0 Å². The van der Waals surface area contributed by atoms with Gasteiger partial charge < -0.3 is 19.7 Å². The average Bonchev–Trinajstić information content (AvgIpc) is 3.27. The van der Waals surface area contributed by atoms with Gasteiger partial charge in [-0.15, -0.1) is 0 Å². The van der Waals surface area contributed by atoms with Crippen molar-refractivity contribution >= 4 is 34.8 Å². The van der Waals surface area contributed by atoms with Gasteiger partial charge in [0.05, 0.1) is 18.4 Å². The lowest BCUT2D eigenvalue weighted by molar-refractivity contribution is -0.112. The summed E-state index contributed by atoms with van der Waals surface area (Å²) >= 11 is 0. The van der Waals surface area contributed by atoms with Gasteiger partial charge in [-0.2, -0.15) is 0 Å². The molecule has 0 aliphatic carbocycles. The summed E-state index contributed by atoms with van der Waals surface area (Å²) in [5, 5.41) is 2.70. The van der Waals surface area contributed by atoms with E-state index in [-0.39, 0.29) is 18.2 Å². The van der Waals surface area contributed by atoms with Crippen molar-refractivity contribution in [3.8, 4) is 11.1 Å². The van der Waals surface area contributed by atoms with Crippen LogP contribution in [0.2, 0.25) is 0 Å². The molecule has 0 unspecified atom stereocenters. The van der Waals surface area contributed by atoms with Gasteiger partial charge in [-0.3, -0.25) is 14.4 Å². The number of aryl methyl sites for hydroxylation is 1. The van der Waals surface area contributed by atoms with Gasteiger partial charge in [-0.05, 0) is 36.8 Å². The molecule has 2 aromatic carbocycles. The Morgan fingerprint density at radius 3 is 2.50 bits per heavy atom. The number of hydrogen-bond acceptors (Lipinski definition) is 7. The summed E-state index contributed by atoms with van der Waals surface area (Å²) in [6, 6.07) is 16.4. The second-order valence-corrected chi connectivity index (χ2v) is 10.1. The number of carbonyl (C=O) groups excluding carboxylic acids is 3. The second kappa shape index (κ2) is 10.0. The molecule has 1 fully saturated rings. The Hall–Kier alpha value is -4.86. The molecule has 2 aromatic heterocycles. The molecule has 4 heterocycles. The molecule has 2 aliphatic heterocycles. The molecule has 1 atom stereocenters. The zero-order valence-electron chi connectivity index (χ0n) is 22.1. The van der Waals surface area contributed by atoms with Crippen molar-refractivity contribution in [3.05, 3.63) is 89.8 Å². The van der Waals surface area contributed by atoms with E-state index in [4.69, 9.17) is 0 Å². The van der Waals surface area contributed by atoms with Crippen LogP contribution < -0.4 is 15.1 Å². The molecule has 40 heavy (non-hydrogen) atoms. The van der Waals surface area contributed by atoms with Crippen LogP contribution in [0.4, 0.5) is 21.7 Å². The van der Waals surface area contributed by atoms with Crippen molar-refractivity contribution in [2.24, 2.45) is 7.05 Å². The number of nitrogens with zero attached hydrogens (tertiary/aromatic N) is 5. The Balaban J connectivity index is 1.21. The second-order valence-electron chi connectivity index (χ2n) is 10.1. The Morgan fingerprint density at radius 1 is 1.00 bits per heavy atom. The van der Waals surface area contributed by atoms with Gasteiger partial charge in [0, 0.05) is 61.3 Å². The third-order valence-corrected chi connectivity index (χ3v) is 7.64. The van der Waals surface area contributed by atoms with E-state index < -0.39 is 17.5 Å². The molecule has 0 spiro atoms. The predicted molar refractivity (Wildman–Crippen MR) is 149 cm³/mol. The summed E-state index contributed by atoms with van der Waals surface area (Å²) in [5.74, 6) is -1.54. The van der Waals surface area contributed by atoms with E-state index in [2.05, 4.69) is 20.2 Å². The van der Waals surface area contributed by atoms with Gasteiger partial charge >= 0.3 is 0 Å². The molecule has 0 bridgehead atoms. The highest BCUT2D eigenvalue weighted by atomic mass is 19.1. The van der Waals surface area contributed by atoms with E-state index >= 15 is 0 Å². The molecule has 2 aliphatic rings. The predicted octanol–water partition coefficient (Wildman–Crippen LogP) is 4.03. The van der Waals surface area contributed by atoms with E-state index in [0.717, 1.165) is 29.3 Å². The van der Waals surface area contributed by atoms with Crippen LogP contribution in [0.5, 0.6) is 0 Å². The number of anilines is 3. The maximum absolute atomic E-state index is 13.3. The lowest BCUT2D eigenvalue weighted by Crippen LogP contribution is -2.56. The van der Waals surface area contributed by atoms with Crippen molar-refractivity contribution in [1.29, 1.82) is 0 Å². The van der Waals surface area contributed by atoms with Gasteiger partial charge in [-0.25, -0.2) is 14.4 Å². The minimum Gasteiger partial charge on any atom is -0.364 e. The van der Waals surface area contributed by atoms with Crippen molar-refractivity contribution in [2.75, 3.05) is 34.8 Å². The van der Waals surface area contributed by atoms with E-state index in [0.29, 0.717) is 48.1 Å². The molecule has 1 amide bonds. The zero-order valence-corrected chi connectivity index (χ0v) is 22.1. The number of nitrogens with one attached hydrogen (secondary N) is 1. The standard InChI is InChI=1S/C30H27FN6O3/c1-18-12-23(19-6-4-3-5-7-19)27(35(18)2)28(39)29(40)34-21-8-9-25-24(13-21)26(38)14-22-17-36(10-11-37(22)25)30-32-15-20(31)16-33-30/h3-9,12-13,15-16,22H,10-11,14,17H2,1-2H3,(H,34,40)/t22-/m0/s1. The van der Waals surface area contributed by atoms with Gasteiger partial charge in [0.15, 0.2) is 11.6 Å². The largest absolute Gasteiger partial charge is 0.364 e. The summed E-state index contributed by atoms with van der Waals surface area (Å²) in [5.41, 5.74) is 4.38. The smallest absolute Gasteiger partial charge is 0.298 e. The van der Waals surface area contributed by atoms with Crippen LogP contribution >= 0.6 is 0 Å². The molecule has 202 valence electrons. The van der Waals surface area contributed by atoms with Crippen molar-refractivity contribution < 1.29 is 18.8 Å². The minimum absolute atomic E-state index is 0.0510. The number of benzene rings is 2. The highest BCUT2D eigenvalue weighted by molar-refractivity contribution is 6.47. The first-order valence-electron chi connectivity index (χ1n) is 13.0. The summed E-state index contributed by atoms with van der Waals surface area (Å²) < 4.78 is 15.0. The van der Waals surface area contributed by atoms with Crippen LogP contribution in [0.25, 0.3) is 11.1 Å². The molecule has 9 nitrogen and oxygen atoms in total. The highest BCUT2D eigenvalue weighted by Crippen LogP contribution is 2.35. The Bertz CT molecular complexity index is 1630. The van der Waals surface area contributed by atoms with Crippen LogP contribution in [0, 0.1) is 12.7 Å². The van der Waals surface area contributed by atoms with E-state index in [1.807, 2.05) is 54.3 Å². The Labute approximate surface area is 230 Å². The third kappa shape index (κ3) is 4.51. The number of rotatable bonds is 5. The molecular weight excluding hydrogens is 511 g/mol. The van der Waals surface area contributed by atoms with Crippen LogP contribution in [-0.2, 0) is 11.8 Å². The maximum Gasteiger partial charge on any atom is 0.298 e. The monoisotopic (exact) mass is 538 g/mol. The number of piperazine rings is 1. The number of halogens is 1. The molecule has 1 N–H and O–H groups in total. The summed E-state index contributed by atoms with van der Waals surface area (Å²) in [4.78, 5) is 51.9. The van der Waals surface area contributed by atoms with E-state index in [9.17, 15) is 18.8 Å². The Kier molecular flexibility index (Phi) is 6.37. The topological polar surface area (TPSA) is 100 Å². The van der Waals surface area contributed by atoms with Gasteiger partial charge in [0.1, 0.15) is 5.69 Å². The average molecular weight is 539 g/mol. The number of ketones is 2. The quantitative estimate of drug-likeness (QED) is 0.303.